The number of nitrogens with zero attached hydrogens (tertiary/aromatic N) is 2. The Morgan fingerprint density at radius 1 is 1.32 bits per heavy atom. The van der Waals surface area contributed by atoms with Gasteiger partial charge in [-0.2, -0.15) is 0 Å². The molecule has 4 rings (SSSR count). The van der Waals surface area contributed by atoms with E-state index in [-0.39, 0.29) is 11.9 Å². The number of carbonyl (C=O) groups excluding carboxylic acids is 1. The summed E-state index contributed by atoms with van der Waals surface area (Å²) >= 11 is 6.17. The number of aromatic nitrogens is 2. The van der Waals surface area contributed by atoms with Crippen LogP contribution in [-0.4, -0.2) is 22.5 Å². The van der Waals surface area contributed by atoms with E-state index >= 15 is 0 Å². The standard InChI is InChI=1S/C20H19ClN2O2/c21-18-4-2-1-3-13(18)7-15-9-17(15)11-25-20(24)14-5-6-19-16(8-14)10-22-12-23-19/h1-4,7,10,12,14,17H,5-6,8-9,11H2/b15-7+. The lowest BCUT2D eigenvalue weighted by atomic mass is 9.87. The van der Waals surface area contributed by atoms with Gasteiger partial charge in [0.2, 0.25) is 0 Å². The van der Waals surface area contributed by atoms with Crippen LogP contribution < -0.4 is 0 Å². The molecule has 0 amide bonds. The van der Waals surface area contributed by atoms with Gasteiger partial charge in [0.25, 0.3) is 0 Å². The van der Waals surface area contributed by atoms with Crippen molar-refractivity contribution in [2.45, 2.75) is 25.7 Å². The molecule has 2 atom stereocenters. The number of hydrogen-bond acceptors (Lipinski definition) is 4. The second-order valence-electron chi connectivity index (χ2n) is 6.71. The number of hydrogen-bond donors (Lipinski definition) is 0. The van der Waals surface area contributed by atoms with Crippen LogP contribution in [0.2, 0.25) is 5.02 Å². The van der Waals surface area contributed by atoms with Gasteiger partial charge in [0, 0.05) is 22.8 Å². The average Bonchev–Trinajstić information content (AvgIpc) is 3.39. The monoisotopic (exact) mass is 354 g/mol. The van der Waals surface area contributed by atoms with Gasteiger partial charge < -0.3 is 4.74 Å². The van der Waals surface area contributed by atoms with Gasteiger partial charge in [0.1, 0.15) is 6.33 Å². The van der Waals surface area contributed by atoms with Gasteiger partial charge in [-0.1, -0.05) is 41.4 Å². The molecule has 2 aromatic rings. The summed E-state index contributed by atoms with van der Waals surface area (Å²) in [5.74, 6) is 0.158. The summed E-state index contributed by atoms with van der Waals surface area (Å²) in [6.45, 7) is 0.462. The zero-order valence-electron chi connectivity index (χ0n) is 13.8. The molecule has 0 N–H and O–H groups in total. The van der Waals surface area contributed by atoms with Crippen LogP contribution in [0.15, 0.2) is 42.4 Å². The maximum Gasteiger partial charge on any atom is 0.309 e. The first-order valence-corrected chi connectivity index (χ1v) is 8.98. The molecule has 128 valence electrons. The highest BCUT2D eigenvalue weighted by molar-refractivity contribution is 6.32. The lowest BCUT2D eigenvalue weighted by Gasteiger charge is -2.21. The summed E-state index contributed by atoms with van der Waals surface area (Å²) in [6.07, 6.45) is 8.76. The van der Waals surface area contributed by atoms with Crippen molar-refractivity contribution in [1.29, 1.82) is 0 Å². The van der Waals surface area contributed by atoms with Crippen LogP contribution in [0.25, 0.3) is 6.08 Å². The number of benzene rings is 1. The normalized spacial score (nSPS) is 23.2. The second kappa shape index (κ2) is 6.96. The van der Waals surface area contributed by atoms with Crippen molar-refractivity contribution in [3.8, 4) is 0 Å². The largest absolute Gasteiger partial charge is 0.465 e. The summed E-state index contributed by atoms with van der Waals surface area (Å²) < 4.78 is 5.57. The summed E-state index contributed by atoms with van der Waals surface area (Å²) in [7, 11) is 0. The van der Waals surface area contributed by atoms with Crippen LogP contribution in [0.1, 0.15) is 29.7 Å². The average molecular weight is 355 g/mol. The van der Waals surface area contributed by atoms with Gasteiger partial charge in [-0.25, -0.2) is 9.97 Å². The maximum atomic E-state index is 12.4. The van der Waals surface area contributed by atoms with E-state index in [9.17, 15) is 4.79 Å². The fourth-order valence-electron chi connectivity index (χ4n) is 3.32. The molecule has 4 nitrogen and oxygen atoms in total. The minimum atomic E-state index is -0.0986. The van der Waals surface area contributed by atoms with Crippen molar-refractivity contribution >= 4 is 23.6 Å². The van der Waals surface area contributed by atoms with Crippen molar-refractivity contribution in [2.24, 2.45) is 11.8 Å². The highest BCUT2D eigenvalue weighted by atomic mass is 35.5. The Hall–Kier alpha value is -2.20. The summed E-state index contributed by atoms with van der Waals surface area (Å²) in [6, 6.07) is 7.78. The van der Waals surface area contributed by atoms with E-state index in [0.29, 0.717) is 18.9 Å². The third-order valence-corrected chi connectivity index (χ3v) is 5.27. The van der Waals surface area contributed by atoms with Crippen LogP contribution in [0, 0.1) is 11.8 Å². The van der Waals surface area contributed by atoms with Crippen molar-refractivity contribution in [1.82, 2.24) is 9.97 Å². The maximum absolute atomic E-state index is 12.4. The number of carbonyl (C=O) groups is 1. The quantitative estimate of drug-likeness (QED) is 0.782. The predicted molar refractivity (Wildman–Crippen MR) is 96.0 cm³/mol. The molecule has 25 heavy (non-hydrogen) atoms. The molecule has 2 aliphatic rings. The van der Waals surface area contributed by atoms with Gasteiger partial charge in [0.05, 0.1) is 12.5 Å². The minimum Gasteiger partial charge on any atom is -0.465 e. The Balaban J connectivity index is 1.30. The van der Waals surface area contributed by atoms with Crippen LogP contribution in [0.5, 0.6) is 0 Å². The van der Waals surface area contributed by atoms with E-state index in [2.05, 4.69) is 16.0 Å². The zero-order valence-corrected chi connectivity index (χ0v) is 14.6. The third kappa shape index (κ3) is 3.74. The van der Waals surface area contributed by atoms with Crippen LogP contribution >= 0.6 is 11.6 Å². The highest BCUT2D eigenvalue weighted by Crippen LogP contribution is 2.40. The predicted octanol–water partition coefficient (Wildman–Crippen LogP) is 3.88. The third-order valence-electron chi connectivity index (χ3n) is 4.93. The smallest absolute Gasteiger partial charge is 0.309 e. The van der Waals surface area contributed by atoms with Crippen molar-refractivity contribution in [3.63, 3.8) is 0 Å². The summed E-state index contributed by atoms with van der Waals surface area (Å²) in [5.41, 5.74) is 4.45. The molecule has 5 heteroatoms. The van der Waals surface area contributed by atoms with E-state index < -0.39 is 0 Å². The Labute approximate surface area is 151 Å². The Morgan fingerprint density at radius 3 is 3.08 bits per heavy atom. The molecule has 0 aliphatic heterocycles. The van der Waals surface area contributed by atoms with E-state index in [1.54, 1.807) is 6.33 Å². The number of halogens is 1. The molecule has 0 spiro atoms. The number of ether oxygens (including phenoxy) is 1. The topological polar surface area (TPSA) is 52.1 Å². The molecule has 1 heterocycles. The Kier molecular flexibility index (Phi) is 4.53. The van der Waals surface area contributed by atoms with Crippen molar-refractivity contribution < 1.29 is 9.53 Å². The lowest BCUT2D eigenvalue weighted by Crippen LogP contribution is -2.26. The van der Waals surface area contributed by atoms with Gasteiger partial charge in [-0.3, -0.25) is 4.79 Å². The number of aryl methyl sites for hydroxylation is 1. The van der Waals surface area contributed by atoms with E-state index in [1.165, 1.54) is 5.57 Å². The molecule has 0 saturated heterocycles. The fraction of sp³-hybridized carbons (Fsp3) is 0.350. The van der Waals surface area contributed by atoms with E-state index in [1.807, 2.05) is 30.5 Å². The number of esters is 1. The Morgan fingerprint density at radius 2 is 2.20 bits per heavy atom. The van der Waals surface area contributed by atoms with Gasteiger partial charge in [-0.15, -0.1) is 0 Å². The van der Waals surface area contributed by atoms with Gasteiger partial charge in [-0.05, 0) is 42.9 Å². The van der Waals surface area contributed by atoms with E-state index in [0.717, 1.165) is 41.1 Å². The summed E-state index contributed by atoms with van der Waals surface area (Å²) in [4.78, 5) is 20.7. The van der Waals surface area contributed by atoms with E-state index in [4.69, 9.17) is 16.3 Å². The zero-order chi connectivity index (χ0) is 17.2. The summed E-state index contributed by atoms with van der Waals surface area (Å²) in [5, 5.41) is 0.751. The van der Waals surface area contributed by atoms with Gasteiger partial charge >= 0.3 is 5.97 Å². The van der Waals surface area contributed by atoms with Crippen molar-refractivity contribution in [2.75, 3.05) is 6.61 Å². The molecular formula is C20H19ClN2O2. The number of rotatable bonds is 4. The first-order valence-electron chi connectivity index (χ1n) is 8.60. The lowest BCUT2D eigenvalue weighted by molar-refractivity contribution is -0.149. The molecular weight excluding hydrogens is 336 g/mol. The number of fused-ring (bicyclic) bond motifs is 1. The van der Waals surface area contributed by atoms with Crippen LogP contribution in [0.4, 0.5) is 0 Å². The van der Waals surface area contributed by atoms with Crippen LogP contribution in [0.3, 0.4) is 0 Å². The molecule has 2 aliphatic carbocycles. The van der Waals surface area contributed by atoms with Gasteiger partial charge in [0.15, 0.2) is 0 Å². The molecule has 0 bridgehead atoms. The molecule has 0 radical (unpaired) electrons. The molecule has 2 unspecified atom stereocenters. The van der Waals surface area contributed by atoms with Crippen LogP contribution in [-0.2, 0) is 22.4 Å². The Bertz CT molecular complexity index is 834. The molecule has 1 saturated carbocycles. The molecule has 1 aromatic heterocycles. The molecule has 1 aromatic carbocycles. The molecule has 1 fully saturated rings. The fourth-order valence-corrected chi connectivity index (χ4v) is 3.51. The first-order chi connectivity index (χ1) is 12.2. The SMILES string of the molecule is O=C(OCC1C/C1=C\c1ccccc1Cl)C1CCc2ncncc2C1. The van der Waals surface area contributed by atoms with Crippen molar-refractivity contribution in [3.05, 3.63) is 64.2 Å². The second-order valence-corrected chi connectivity index (χ2v) is 7.11. The highest BCUT2D eigenvalue weighted by Gasteiger charge is 2.33. The minimum absolute atomic E-state index is 0.0757. The first kappa shape index (κ1) is 16.3.